The van der Waals surface area contributed by atoms with E-state index in [2.05, 4.69) is 15.4 Å². The standard InChI is InChI=1S/C19H20N4O2/c1-14(25-17-6-4-3-5-7-17)19(24)21-11-15-8-9-20-18(10-15)16-12-22-23(2)13-16/h3-10,12-14H,11H2,1-2H3,(H,21,24)/t14-/m1/s1. The van der Waals surface area contributed by atoms with Gasteiger partial charge in [0, 0.05) is 31.5 Å². The molecule has 1 atom stereocenters. The number of hydrogen-bond acceptors (Lipinski definition) is 4. The molecule has 3 rings (SSSR count). The van der Waals surface area contributed by atoms with Crippen LogP contribution in [0.1, 0.15) is 12.5 Å². The topological polar surface area (TPSA) is 69.0 Å². The van der Waals surface area contributed by atoms with Gasteiger partial charge in [0.1, 0.15) is 5.75 Å². The summed E-state index contributed by atoms with van der Waals surface area (Å²) in [5, 5.41) is 7.04. The molecule has 0 aliphatic heterocycles. The van der Waals surface area contributed by atoms with Crippen molar-refractivity contribution >= 4 is 5.91 Å². The molecule has 0 unspecified atom stereocenters. The first-order valence-corrected chi connectivity index (χ1v) is 8.05. The third-order valence-corrected chi connectivity index (χ3v) is 3.72. The average Bonchev–Trinajstić information content (AvgIpc) is 3.07. The molecular weight excluding hydrogens is 316 g/mol. The van der Waals surface area contributed by atoms with E-state index in [-0.39, 0.29) is 5.91 Å². The molecule has 0 saturated carbocycles. The Bertz CT molecular complexity index is 845. The number of amides is 1. The average molecular weight is 336 g/mol. The van der Waals surface area contributed by atoms with E-state index in [9.17, 15) is 4.79 Å². The quantitative estimate of drug-likeness (QED) is 0.751. The normalized spacial score (nSPS) is 11.8. The Balaban J connectivity index is 1.58. The second kappa shape index (κ2) is 7.61. The molecule has 2 aromatic heterocycles. The van der Waals surface area contributed by atoms with Gasteiger partial charge in [-0.3, -0.25) is 14.5 Å². The highest BCUT2D eigenvalue weighted by Crippen LogP contribution is 2.16. The monoisotopic (exact) mass is 336 g/mol. The molecule has 25 heavy (non-hydrogen) atoms. The maximum atomic E-state index is 12.2. The highest BCUT2D eigenvalue weighted by Gasteiger charge is 2.14. The van der Waals surface area contributed by atoms with Crippen molar-refractivity contribution < 1.29 is 9.53 Å². The van der Waals surface area contributed by atoms with E-state index >= 15 is 0 Å². The molecule has 3 aromatic rings. The highest BCUT2D eigenvalue weighted by atomic mass is 16.5. The third-order valence-electron chi connectivity index (χ3n) is 3.72. The van der Waals surface area contributed by atoms with E-state index in [1.807, 2.05) is 55.7 Å². The van der Waals surface area contributed by atoms with E-state index in [1.54, 1.807) is 24.0 Å². The summed E-state index contributed by atoms with van der Waals surface area (Å²) in [5.41, 5.74) is 2.74. The van der Waals surface area contributed by atoms with Gasteiger partial charge in [-0.05, 0) is 36.8 Å². The van der Waals surface area contributed by atoms with E-state index in [4.69, 9.17) is 4.74 Å². The first-order valence-electron chi connectivity index (χ1n) is 8.05. The van der Waals surface area contributed by atoms with E-state index in [0.717, 1.165) is 16.8 Å². The number of carbonyl (C=O) groups is 1. The van der Waals surface area contributed by atoms with Gasteiger partial charge in [0.05, 0.1) is 11.9 Å². The first-order chi connectivity index (χ1) is 12.1. The molecule has 1 aromatic carbocycles. The Morgan fingerprint density at radius 1 is 1.28 bits per heavy atom. The molecule has 0 radical (unpaired) electrons. The Hall–Kier alpha value is -3.15. The predicted molar refractivity (Wildman–Crippen MR) is 94.8 cm³/mol. The lowest BCUT2D eigenvalue weighted by Crippen LogP contribution is -2.35. The van der Waals surface area contributed by atoms with Crippen LogP contribution in [0.3, 0.4) is 0 Å². The van der Waals surface area contributed by atoms with Crippen molar-refractivity contribution in [1.82, 2.24) is 20.1 Å². The number of pyridine rings is 1. The van der Waals surface area contributed by atoms with Crippen molar-refractivity contribution in [2.45, 2.75) is 19.6 Å². The number of para-hydroxylation sites is 1. The smallest absolute Gasteiger partial charge is 0.261 e. The SMILES string of the molecule is C[C@@H](Oc1ccccc1)C(=O)NCc1ccnc(-c2cnn(C)c2)c1. The van der Waals surface area contributed by atoms with Gasteiger partial charge in [-0.25, -0.2) is 0 Å². The number of aromatic nitrogens is 3. The summed E-state index contributed by atoms with van der Waals surface area (Å²) in [6.45, 7) is 2.15. The molecular formula is C19H20N4O2. The van der Waals surface area contributed by atoms with Crippen molar-refractivity contribution in [3.05, 3.63) is 66.6 Å². The van der Waals surface area contributed by atoms with Crippen molar-refractivity contribution in [2.24, 2.45) is 7.05 Å². The van der Waals surface area contributed by atoms with Crippen LogP contribution in [-0.2, 0) is 18.4 Å². The van der Waals surface area contributed by atoms with Gasteiger partial charge in [-0.2, -0.15) is 5.10 Å². The van der Waals surface area contributed by atoms with Gasteiger partial charge in [0.25, 0.3) is 5.91 Å². The fraction of sp³-hybridized carbons (Fsp3) is 0.211. The van der Waals surface area contributed by atoms with Crippen LogP contribution in [0, 0.1) is 0 Å². The number of rotatable bonds is 6. The molecule has 0 fully saturated rings. The van der Waals surface area contributed by atoms with Gasteiger partial charge < -0.3 is 10.1 Å². The van der Waals surface area contributed by atoms with E-state index < -0.39 is 6.10 Å². The second-order valence-corrected chi connectivity index (χ2v) is 5.74. The molecule has 0 aliphatic carbocycles. The Kier molecular flexibility index (Phi) is 5.09. The summed E-state index contributed by atoms with van der Waals surface area (Å²) in [5.74, 6) is 0.511. The predicted octanol–water partition coefficient (Wildman–Crippen LogP) is 2.57. The number of carbonyl (C=O) groups excluding carboxylic acids is 1. The molecule has 6 nitrogen and oxygen atoms in total. The molecule has 0 bridgehead atoms. The fourth-order valence-corrected chi connectivity index (χ4v) is 2.39. The van der Waals surface area contributed by atoms with Gasteiger partial charge in [0.2, 0.25) is 0 Å². The summed E-state index contributed by atoms with van der Waals surface area (Å²) in [6, 6.07) is 13.1. The van der Waals surface area contributed by atoms with Gasteiger partial charge in [-0.1, -0.05) is 18.2 Å². The lowest BCUT2D eigenvalue weighted by atomic mass is 10.1. The molecule has 6 heteroatoms. The molecule has 128 valence electrons. The molecule has 2 heterocycles. The minimum absolute atomic E-state index is 0.163. The molecule has 1 N–H and O–H groups in total. The highest BCUT2D eigenvalue weighted by molar-refractivity contribution is 5.80. The van der Waals surface area contributed by atoms with Gasteiger partial charge >= 0.3 is 0 Å². The number of aryl methyl sites for hydroxylation is 1. The number of hydrogen-bond donors (Lipinski definition) is 1. The first kappa shape index (κ1) is 16.7. The van der Waals surface area contributed by atoms with Crippen LogP contribution in [0.15, 0.2) is 61.1 Å². The van der Waals surface area contributed by atoms with Gasteiger partial charge in [-0.15, -0.1) is 0 Å². The van der Waals surface area contributed by atoms with Crippen molar-refractivity contribution in [1.29, 1.82) is 0 Å². The molecule has 0 spiro atoms. The summed E-state index contributed by atoms with van der Waals surface area (Å²) < 4.78 is 7.36. The number of ether oxygens (including phenoxy) is 1. The van der Waals surface area contributed by atoms with Crippen LogP contribution in [-0.4, -0.2) is 26.8 Å². The summed E-state index contributed by atoms with van der Waals surface area (Å²) in [7, 11) is 1.86. The van der Waals surface area contributed by atoms with Crippen LogP contribution < -0.4 is 10.1 Å². The van der Waals surface area contributed by atoms with Crippen molar-refractivity contribution in [3.63, 3.8) is 0 Å². The molecule has 0 aliphatic rings. The maximum Gasteiger partial charge on any atom is 0.261 e. The Morgan fingerprint density at radius 2 is 2.08 bits per heavy atom. The van der Waals surface area contributed by atoms with E-state index in [1.165, 1.54) is 0 Å². The van der Waals surface area contributed by atoms with E-state index in [0.29, 0.717) is 12.3 Å². The number of nitrogens with one attached hydrogen (secondary N) is 1. The zero-order valence-electron chi connectivity index (χ0n) is 14.2. The van der Waals surface area contributed by atoms with Crippen LogP contribution in [0.4, 0.5) is 0 Å². The zero-order valence-corrected chi connectivity index (χ0v) is 14.2. The number of nitrogens with zero attached hydrogens (tertiary/aromatic N) is 3. The lowest BCUT2D eigenvalue weighted by molar-refractivity contribution is -0.127. The summed E-state index contributed by atoms with van der Waals surface area (Å²) in [6.07, 6.45) is 4.83. The van der Waals surface area contributed by atoms with Crippen molar-refractivity contribution in [3.8, 4) is 17.0 Å². The van der Waals surface area contributed by atoms with Crippen LogP contribution in [0.25, 0.3) is 11.3 Å². The van der Waals surface area contributed by atoms with Crippen LogP contribution in [0.2, 0.25) is 0 Å². The Morgan fingerprint density at radius 3 is 2.80 bits per heavy atom. The molecule has 1 amide bonds. The maximum absolute atomic E-state index is 12.2. The minimum atomic E-state index is -0.568. The Labute approximate surface area is 146 Å². The summed E-state index contributed by atoms with van der Waals surface area (Å²) >= 11 is 0. The second-order valence-electron chi connectivity index (χ2n) is 5.74. The fourth-order valence-electron chi connectivity index (χ4n) is 2.39. The summed E-state index contributed by atoms with van der Waals surface area (Å²) in [4.78, 5) is 16.6. The third kappa shape index (κ3) is 4.44. The van der Waals surface area contributed by atoms with Crippen molar-refractivity contribution in [2.75, 3.05) is 0 Å². The minimum Gasteiger partial charge on any atom is -0.481 e. The van der Waals surface area contributed by atoms with Gasteiger partial charge in [0.15, 0.2) is 6.10 Å². The zero-order chi connectivity index (χ0) is 17.6. The van der Waals surface area contributed by atoms with Crippen LogP contribution >= 0.6 is 0 Å². The number of benzene rings is 1. The van der Waals surface area contributed by atoms with Crippen LogP contribution in [0.5, 0.6) is 5.75 Å². The largest absolute Gasteiger partial charge is 0.481 e. The molecule has 0 saturated heterocycles. The lowest BCUT2D eigenvalue weighted by Gasteiger charge is -2.14.